The van der Waals surface area contributed by atoms with Crippen LogP contribution in [-0.4, -0.2) is 20.4 Å². The zero-order valence-electron chi connectivity index (χ0n) is 13.8. The van der Waals surface area contributed by atoms with Crippen LogP contribution in [0.4, 0.5) is 0 Å². The van der Waals surface area contributed by atoms with E-state index in [4.69, 9.17) is 5.41 Å². The maximum Gasteiger partial charge on any atom is 0.335 e. The van der Waals surface area contributed by atoms with Crippen molar-refractivity contribution in [2.75, 3.05) is 0 Å². The van der Waals surface area contributed by atoms with Crippen LogP contribution in [0, 0.1) is 19.3 Å². The Bertz CT molecular complexity index is 1060. The Kier molecular flexibility index (Phi) is 4.10. The maximum atomic E-state index is 12.2. The molecule has 0 fully saturated rings. The molecule has 0 radical (unpaired) electrons. The van der Waals surface area contributed by atoms with Gasteiger partial charge >= 0.3 is 5.69 Å². The molecule has 0 bridgehead atoms. The topological polar surface area (TPSA) is 98.9 Å². The summed E-state index contributed by atoms with van der Waals surface area (Å²) in [6, 6.07) is 13.9. The molecule has 1 heterocycles. The van der Waals surface area contributed by atoms with E-state index in [1.54, 1.807) is 36.4 Å². The van der Waals surface area contributed by atoms with Crippen LogP contribution >= 0.6 is 0 Å². The van der Waals surface area contributed by atoms with E-state index >= 15 is 0 Å². The molecule has 0 atom stereocenters. The molecule has 25 heavy (non-hydrogen) atoms. The van der Waals surface area contributed by atoms with Gasteiger partial charge in [0.15, 0.2) is 0 Å². The monoisotopic (exact) mass is 335 g/mol. The highest BCUT2D eigenvalue weighted by atomic mass is 16.3. The van der Waals surface area contributed by atoms with Crippen molar-refractivity contribution in [2.45, 2.75) is 13.8 Å². The first kappa shape index (κ1) is 16.4. The van der Waals surface area contributed by atoms with E-state index in [1.165, 1.54) is 0 Å². The summed E-state index contributed by atoms with van der Waals surface area (Å²) in [6.45, 7) is 3.81. The number of H-pyrrole nitrogens is 1. The minimum absolute atomic E-state index is 0.153. The Balaban J connectivity index is 2.21. The number of hydrogen-bond donors (Lipinski definition) is 3. The van der Waals surface area contributed by atoms with Crippen molar-refractivity contribution in [3.05, 3.63) is 91.6 Å². The summed E-state index contributed by atoms with van der Waals surface area (Å²) in [5, 5.41) is 18.9. The lowest BCUT2D eigenvalue weighted by Gasteiger charge is -2.12. The van der Waals surface area contributed by atoms with Gasteiger partial charge in [0.2, 0.25) is 5.88 Å². The van der Waals surface area contributed by atoms with Crippen LogP contribution in [0.5, 0.6) is 5.88 Å². The summed E-state index contributed by atoms with van der Waals surface area (Å²) in [5.41, 5.74) is 0.933. The number of nitrogens with zero attached hydrogens (tertiary/aromatic N) is 1. The number of aryl methyl sites for hydroxylation is 2. The zero-order chi connectivity index (χ0) is 18.1. The quantitative estimate of drug-likeness (QED) is 0.640. The highest BCUT2D eigenvalue weighted by Crippen LogP contribution is 2.19. The third kappa shape index (κ3) is 3.01. The Hall–Kier alpha value is -3.41. The van der Waals surface area contributed by atoms with Crippen molar-refractivity contribution in [1.29, 1.82) is 5.41 Å². The zero-order valence-corrected chi connectivity index (χ0v) is 13.8. The third-order valence-corrected chi connectivity index (χ3v) is 3.97. The molecular weight excluding hydrogens is 318 g/mol. The standard InChI is InChI=1S/C19H17N3O3/c1-11-3-7-13(8-4-11)16(20)15-17(23)21-19(25)22(18(15)24)14-9-5-12(2)6-10-14/h3-10,20,24H,1-2H3,(H,21,23,25). The number of aromatic amines is 1. The van der Waals surface area contributed by atoms with E-state index in [1.807, 2.05) is 26.0 Å². The second-order valence-electron chi connectivity index (χ2n) is 5.87. The Morgan fingerprint density at radius 2 is 1.48 bits per heavy atom. The van der Waals surface area contributed by atoms with Crippen LogP contribution in [0.15, 0.2) is 58.1 Å². The minimum Gasteiger partial charge on any atom is -0.493 e. The van der Waals surface area contributed by atoms with Gasteiger partial charge in [0.25, 0.3) is 5.56 Å². The van der Waals surface area contributed by atoms with Crippen LogP contribution in [0.2, 0.25) is 0 Å². The average molecular weight is 335 g/mol. The second-order valence-corrected chi connectivity index (χ2v) is 5.87. The largest absolute Gasteiger partial charge is 0.493 e. The molecular formula is C19H17N3O3. The molecule has 2 aromatic carbocycles. The highest BCUT2D eigenvalue weighted by Gasteiger charge is 2.20. The van der Waals surface area contributed by atoms with Gasteiger partial charge in [0.05, 0.1) is 11.4 Å². The first-order valence-electron chi connectivity index (χ1n) is 7.70. The molecule has 0 saturated heterocycles. The summed E-state index contributed by atoms with van der Waals surface area (Å²) in [7, 11) is 0. The van der Waals surface area contributed by atoms with E-state index < -0.39 is 17.1 Å². The van der Waals surface area contributed by atoms with E-state index in [9.17, 15) is 14.7 Å². The van der Waals surface area contributed by atoms with Gasteiger partial charge in [-0.25, -0.2) is 9.36 Å². The summed E-state index contributed by atoms with van der Waals surface area (Å²) in [4.78, 5) is 26.6. The van der Waals surface area contributed by atoms with Gasteiger partial charge in [-0.3, -0.25) is 15.2 Å². The maximum absolute atomic E-state index is 12.2. The Morgan fingerprint density at radius 3 is 2.04 bits per heavy atom. The second kappa shape index (κ2) is 6.24. The highest BCUT2D eigenvalue weighted by molar-refractivity contribution is 6.12. The predicted octanol–water partition coefficient (Wildman–Crippen LogP) is 2.26. The van der Waals surface area contributed by atoms with E-state index in [0.717, 1.165) is 15.7 Å². The van der Waals surface area contributed by atoms with Crippen molar-refractivity contribution in [3.8, 4) is 11.6 Å². The molecule has 126 valence electrons. The molecule has 6 nitrogen and oxygen atoms in total. The molecule has 0 unspecified atom stereocenters. The lowest BCUT2D eigenvalue weighted by atomic mass is 10.0. The van der Waals surface area contributed by atoms with Crippen molar-refractivity contribution >= 4 is 5.71 Å². The molecule has 3 rings (SSSR count). The number of aromatic hydroxyl groups is 1. The van der Waals surface area contributed by atoms with Crippen LogP contribution < -0.4 is 11.2 Å². The molecule has 1 aromatic heterocycles. The van der Waals surface area contributed by atoms with Gasteiger partial charge in [-0.05, 0) is 26.0 Å². The van der Waals surface area contributed by atoms with Gasteiger partial charge in [-0.1, -0.05) is 47.5 Å². The number of hydrogen-bond acceptors (Lipinski definition) is 4. The van der Waals surface area contributed by atoms with Crippen molar-refractivity contribution in [2.24, 2.45) is 0 Å². The average Bonchev–Trinajstić information content (AvgIpc) is 2.56. The molecule has 0 saturated carbocycles. The van der Waals surface area contributed by atoms with Crippen LogP contribution in [-0.2, 0) is 0 Å². The molecule has 0 spiro atoms. The normalized spacial score (nSPS) is 10.6. The Labute approximate surface area is 143 Å². The Morgan fingerprint density at radius 1 is 0.960 bits per heavy atom. The number of aromatic nitrogens is 2. The van der Waals surface area contributed by atoms with E-state index in [-0.39, 0.29) is 11.3 Å². The van der Waals surface area contributed by atoms with E-state index in [2.05, 4.69) is 4.98 Å². The van der Waals surface area contributed by atoms with Gasteiger partial charge in [-0.2, -0.15) is 0 Å². The third-order valence-electron chi connectivity index (χ3n) is 3.97. The van der Waals surface area contributed by atoms with Crippen molar-refractivity contribution in [3.63, 3.8) is 0 Å². The summed E-state index contributed by atoms with van der Waals surface area (Å²) in [6.07, 6.45) is 0. The molecule has 6 heteroatoms. The first-order chi connectivity index (χ1) is 11.9. The SMILES string of the molecule is Cc1ccc(C(=N)c2c(O)n(-c3ccc(C)cc3)c(=O)[nH]c2=O)cc1. The number of nitrogens with one attached hydrogen (secondary N) is 2. The molecule has 0 amide bonds. The molecule has 0 aliphatic rings. The molecule has 3 N–H and O–H groups in total. The summed E-state index contributed by atoms with van der Waals surface area (Å²) >= 11 is 0. The van der Waals surface area contributed by atoms with Gasteiger partial charge in [0, 0.05) is 5.56 Å². The fraction of sp³-hybridized carbons (Fsp3) is 0.105. The molecule has 0 aliphatic heterocycles. The fourth-order valence-corrected chi connectivity index (χ4v) is 2.55. The van der Waals surface area contributed by atoms with Crippen molar-refractivity contribution < 1.29 is 5.11 Å². The first-order valence-corrected chi connectivity index (χ1v) is 7.70. The number of rotatable bonds is 3. The fourth-order valence-electron chi connectivity index (χ4n) is 2.55. The van der Waals surface area contributed by atoms with E-state index in [0.29, 0.717) is 11.3 Å². The lowest BCUT2D eigenvalue weighted by molar-refractivity contribution is 0.430. The molecule has 3 aromatic rings. The minimum atomic E-state index is -0.795. The molecule has 0 aliphatic carbocycles. The number of benzene rings is 2. The summed E-state index contributed by atoms with van der Waals surface area (Å²) < 4.78 is 0.985. The lowest BCUT2D eigenvalue weighted by Crippen LogP contribution is -2.33. The van der Waals surface area contributed by atoms with Gasteiger partial charge in [0.1, 0.15) is 5.56 Å². The van der Waals surface area contributed by atoms with Crippen LogP contribution in [0.1, 0.15) is 22.3 Å². The smallest absolute Gasteiger partial charge is 0.335 e. The van der Waals surface area contributed by atoms with Gasteiger partial charge in [-0.15, -0.1) is 0 Å². The van der Waals surface area contributed by atoms with Gasteiger partial charge < -0.3 is 5.11 Å². The van der Waals surface area contributed by atoms with Crippen molar-refractivity contribution in [1.82, 2.24) is 9.55 Å². The summed E-state index contributed by atoms with van der Waals surface area (Å²) in [5.74, 6) is -0.553. The predicted molar refractivity (Wildman–Crippen MR) is 96.2 cm³/mol. The van der Waals surface area contributed by atoms with Crippen LogP contribution in [0.3, 0.4) is 0 Å². The van der Waals surface area contributed by atoms with Crippen LogP contribution in [0.25, 0.3) is 5.69 Å².